The van der Waals surface area contributed by atoms with Crippen LogP contribution >= 0.6 is 0 Å². The van der Waals surface area contributed by atoms with E-state index in [1.807, 2.05) is 0 Å². The van der Waals surface area contributed by atoms with Crippen LogP contribution in [0.5, 0.6) is 0 Å². The first kappa shape index (κ1) is 15.6. The number of rotatable bonds is 3. The van der Waals surface area contributed by atoms with Crippen molar-refractivity contribution in [1.82, 2.24) is 0 Å². The second kappa shape index (κ2) is 6.64. The summed E-state index contributed by atoms with van der Waals surface area (Å²) >= 11 is 0. The molecule has 2 aliphatic rings. The number of benzene rings is 2. The average molecular weight is 356 g/mol. The third-order valence-electron chi connectivity index (χ3n) is 6.66. The van der Waals surface area contributed by atoms with Crippen molar-refractivity contribution in [2.45, 2.75) is 38.5 Å². The quantitative estimate of drug-likeness (QED) is 0.503. The molecule has 0 spiro atoms. The molecule has 27 heavy (non-hydrogen) atoms. The van der Waals surface area contributed by atoms with E-state index in [2.05, 4.69) is 85.4 Å². The van der Waals surface area contributed by atoms with Crippen LogP contribution in [0.4, 0.5) is 0 Å². The van der Waals surface area contributed by atoms with Crippen molar-refractivity contribution < 1.29 is 5.94 Å². The molecule has 136 valence electrons. The number of nitrogens with zero attached hydrogens (tertiary/aromatic N) is 1. The van der Waals surface area contributed by atoms with E-state index in [-0.39, 0.29) is 5.89 Å². The lowest BCUT2D eigenvalue weighted by molar-refractivity contribution is -0.659. The highest BCUT2D eigenvalue weighted by atomic mass is 14.9. The Morgan fingerprint density at radius 1 is 0.889 bits per heavy atom. The zero-order valence-electron chi connectivity index (χ0n) is 17.3. The monoisotopic (exact) mass is 355 g/mol. The average Bonchev–Trinajstić information content (AvgIpc) is 2.74. The summed E-state index contributed by atoms with van der Waals surface area (Å²) in [5.74, 6) is 0.822. The summed E-state index contributed by atoms with van der Waals surface area (Å²) in [5, 5.41) is 0. The largest absolute Gasteiger partial charge is 0.212 e. The van der Waals surface area contributed by atoms with Crippen molar-refractivity contribution >= 4 is 0 Å². The topological polar surface area (TPSA) is 3.88 Å². The van der Waals surface area contributed by atoms with Crippen molar-refractivity contribution in [2.24, 2.45) is 18.9 Å². The minimum Gasteiger partial charge on any atom is -0.200 e. The van der Waals surface area contributed by atoms with E-state index in [1.54, 1.807) is 0 Å². The van der Waals surface area contributed by atoms with Crippen molar-refractivity contribution in [2.75, 3.05) is 0 Å². The Labute approximate surface area is 164 Å². The lowest BCUT2D eigenvalue weighted by Gasteiger charge is -2.50. The van der Waals surface area contributed by atoms with Crippen molar-refractivity contribution in [3.8, 4) is 22.4 Å². The zero-order chi connectivity index (χ0) is 19.3. The third kappa shape index (κ3) is 2.90. The molecule has 2 saturated carbocycles. The summed E-state index contributed by atoms with van der Waals surface area (Å²) in [4.78, 5) is 0. The minimum atomic E-state index is -0.323. The molecule has 2 aromatic carbocycles. The van der Waals surface area contributed by atoms with Crippen molar-refractivity contribution in [1.29, 1.82) is 0 Å². The van der Waals surface area contributed by atoms with E-state index in [1.165, 1.54) is 59.2 Å². The number of aryl methyl sites for hydroxylation is 2. The van der Waals surface area contributed by atoms with E-state index in [0.717, 1.165) is 0 Å². The molecular weight excluding hydrogens is 326 g/mol. The number of fused-ring (bicyclic) bond motifs is 2. The molecule has 0 N–H and O–H groups in total. The molecule has 3 aromatic rings. The minimum absolute atomic E-state index is 0.323. The number of pyridine rings is 1. The summed E-state index contributed by atoms with van der Waals surface area (Å²) in [6.45, 7) is 2.16. The Hall–Kier alpha value is -2.41. The van der Waals surface area contributed by atoms with Gasteiger partial charge < -0.3 is 0 Å². The van der Waals surface area contributed by atoms with Crippen LogP contribution in [0.1, 0.15) is 44.1 Å². The molecule has 2 bridgehead atoms. The molecular formula is C26H28N+. The standard InChI is InChI=1S/C26H28N/c1-18-6-3-4-9-24(18)25-15-14-23(17-27(25)2)19-10-12-20(13-11-19)26-21-7-5-8-22(26)16-21/h3-4,6,9-15,17,21-22,26H,5,7-8,16H2,1-2H3/q+1/i26D. The molecule has 2 atom stereocenters. The van der Waals surface area contributed by atoms with Crippen LogP contribution in [0.2, 0.25) is 0 Å². The molecule has 1 aromatic heterocycles. The molecule has 2 aliphatic carbocycles. The van der Waals surface area contributed by atoms with Gasteiger partial charge in [-0.1, -0.05) is 48.9 Å². The molecule has 1 heterocycles. The molecule has 2 fully saturated rings. The van der Waals surface area contributed by atoms with Crippen LogP contribution in [-0.4, -0.2) is 0 Å². The summed E-state index contributed by atoms with van der Waals surface area (Å²) < 4.78 is 11.3. The summed E-state index contributed by atoms with van der Waals surface area (Å²) in [6.07, 6.45) is 7.26. The highest BCUT2D eigenvalue weighted by Crippen LogP contribution is 2.55. The maximum atomic E-state index is 9.07. The molecule has 1 heteroatoms. The highest BCUT2D eigenvalue weighted by molar-refractivity contribution is 5.66. The van der Waals surface area contributed by atoms with Gasteiger partial charge in [0.2, 0.25) is 5.69 Å². The van der Waals surface area contributed by atoms with E-state index in [4.69, 9.17) is 1.37 Å². The third-order valence-corrected chi connectivity index (χ3v) is 6.66. The van der Waals surface area contributed by atoms with Gasteiger partial charge in [-0.3, -0.25) is 0 Å². The van der Waals surface area contributed by atoms with Gasteiger partial charge in [0.1, 0.15) is 7.05 Å². The van der Waals surface area contributed by atoms with E-state index in [0.29, 0.717) is 11.8 Å². The molecule has 2 unspecified atom stereocenters. The van der Waals surface area contributed by atoms with Crippen LogP contribution in [0.25, 0.3) is 22.4 Å². The molecule has 0 amide bonds. The normalized spacial score (nSPS) is 27.0. The number of hydrogen-bond donors (Lipinski definition) is 0. The van der Waals surface area contributed by atoms with Gasteiger partial charge in [-0.05, 0) is 72.7 Å². The van der Waals surface area contributed by atoms with Gasteiger partial charge in [0.05, 0.1) is 0 Å². The second-order valence-electron chi connectivity index (χ2n) is 8.32. The van der Waals surface area contributed by atoms with Gasteiger partial charge in [0.25, 0.3) is 0 Å². The van der Waals surface area contributed by atoms with Crippen molar-refractivity contribution in [3.63, 3.8) is 0 Å². The maximum Gasteiger partial charge on any atom is 0.212 e. The fourth-order valence-electron chi connectivity index (χ4n) is 5.17. The van der Waals surface area contributed by atoms with E-state index in [9.17, 15) is 0 Å². The smallest absolute Gasteiger partial charge is 0.200 e. The predicted octanol–water partition coefficient (Wildman–Crippen LogP) is 6.06. The van der Waals surface area contributed by atoms with Gasteiger partial charge in [0.15, 0.2) is 6.20 Å². The lowest BCUT2D eigenvalue weighted by atomic mass is 9.55. The summed E-state index contributed by atoms with van der Waals surface area (Å²) in [7, 11) is 2.12. The first-order valence-electron chi connectivity index (χ1n) is 10.7. The Balaban J connectivity index is 1.44. The van der Waals surface area contributed by atoms with Gasteiger partial charge in [-0.15, -0.1) is 0 Å². The summed E-state index contributed by atoms with van der Waals surface area (Å²) in [6, 6.07) is 21.8. The van der Waals surface area contributed by atoms with Gasteiger partial charge in [-0.2, -0.15) is 0 Å². The first-order chi connectivity index (χ1) is 13.6. The van der Waals surface area contributed by atoms with Crippen LogP contribution in [0, 0.1) is 18.8 Å². The number of hydrogen-bond acceptors (Lipinski definition) is 0. The Morgan fingerprint density at radius 3 is 2.26 bits per heavy atom. The molecule has 0 aliphatic heterocycles. The van der Waals surface area contributed by atoms with Gasteiger partial charge in [-0.25, -0.2) is 4.57 Å². The summed E-state index contributed by atoms with van der Waals surface area (Å²) in [5.41, 5.74) is 7.47. The Morgan fingerprint density at radius 2 is 1.59 bits per heavy atom. The molecule has 1 nitrogen and oxygen atoms in total. The lowest BCUT2D eigenvalue weighted by Crippen LogP contribution is -2.38. The highest BCUT2D eigenvalue weighted by Gasteiger charge is 2.43. The van der Waals surface area contributed by atoms with Crippen LogP contribution in [0.3, 0.4) is 0 Å². The van der Waals surface area contributed by atoms with Crippen LogP contribution in [-0.2, 0) is 7.05 Å². The maximum absolute atomic E-state index is 9.07. The predicted molar refractivity (Wildman–Crippen MR) is 111 cm³/mol. The van der Waals surface area contributed by atoms with Crippen molar-refractivity contribution in [3.05, 3.63) is 78.0 Å². The molecule has 5 rings (SSSR count). The fraction of sp³-hybridized carbons (Fsp3) is 0.346. The Kier molecular flexibility index (Phi) is 3.84. The fourth-order valence-corrected chi connectivity index (χ4v) is 5.17. The first-order valence-corrected chi connectivity index (χ1v) is 10.2. The Bertz CT molecular complexity index is 1010. The van der Waals surface area contributed by atoms with E-state index < -0.39 is 0 Å². The van der Waals surface area contributed by atoms with Crippen LogP contribution < -0.4 is 4.57 Å². The van der Waals surface area contributed by atoms with Crippen LogP contribution in [0.15, 0.2) is 66.9 Å². The van der Waals surface area contributed by atoms with E-state index >= 15 is 0 Å². The molecule has 0 saturated heterocycles. The zero-order valence-corrected chi connectivity index (χ0v) is 16.3. The SMILES string of the molecule is [2H]C1(c2ccc(-c3ccc(-c4ccccc4C)[n+](C)c3)cc2)C2CCCC1C2. The van der Waals surface area contributed by atoms with Gasteiger partial charge in [0, 0.05) is 18.6 Å². The molecule has 0 radical (unpaired) electrons. The van der Waals surface area contributed by atoms with Gasteiger partial charge >= 0.3 is 0 Å². The second-order valence-corrected chi connectivity index (χ2v) is 8.32. The number of aromatic nitrogens is 1.